The van der Waals surface area contributed by atoms with Gasteiger partial charge in [0.05, 0.1) is 18.8 Å². The molecule has 0 aliphatic carbocycles. The standard InChI is InChI=1S/C23H41N5O.HI/c1-2-24-23(25-13-5-3-6-14-27-15-7-4-8-16-27)26-20-21(22-12-11-19-29-22)28-17-9-10-18-28;/h11-12,19,21H,2-10,13-18,20H2,1H3,(H2,24,25,26);1H. The van der Waals surface area contributed by atoms with Crippen molar-refractivity contribution < 1.29 is 4.42 Å². The van der Waals surface area contributed by atoms with E-state index < -0.39 is 0 Å². The van der Waals surface area contributed by atoms with Gasteiger partial charge >= 0.3 is 0 Å². The lowest BCUT2D eigenvalue weighted by Gasteiger charge is -2.26. The Balaban J connectivity index is 0.00000320. The van der Waals surface area contributed by atoms with E-state index in [1.807, 2.05) is 6.07 Å². The fourth-order valence-corrected chi connectivity index (χ4v) is 4.47. The second-order valence-electron chi connectivity index (χ2n) is 8.38. The summed E-state index contributed by atoms with van der Waals surface area (Å²) in [5.41, 5.74) is 0. The molecular formula is C23H42IN5O. The van der Waals surface area contributed by atoms with Crippen LogP contribution < -0.4 is 10.6 Å². The molecule has 1 atom stereocenters. The van der Waals surface area contributed by atoms with Crippen molar-refractivity contribution in [2.75, 3.05) is 52.4 Å². The maximum Gasteiger partial charge on any atom is 0.191 e. The van der Waals surface area contributed by atoms with Gasteiger partial charge in [-0.05, 0) is 90.3 Å². The van der Waals surface area contributed by atoms with Crippen molar-refractivity contribution in [2.24, 2.45) is 4.99 Å². The van der Waals surface area contributed by atoms with Crippen molar-refractivity contribution in [2.45, 2.75) is 64.3 Å². The molecule has 2 aliphatic rings. The van der Waals surface area contributed by atoms with Crippen molar-refractivity contribution in [3.8, 4) is 0 Å². The van der Waals surface area contributed by atoms with Crippen LogP contribution in [0.3, 0.4) is 0 Å². The van der Waals surface area contributed by atoms with E-state index in [0.717, 1.165) is 44.4 Å². The average molecular weight is 532 g/mol. The zero-order valence-corrected chi connectivity index (χ0v) is 21.1. The summed E-state index contributed by atoms with van der Waals surface area (Å²) in [6, 6.07) is 4.31. The monoisotopic (exact) mass is 531 g/mol. The minimum Gasteiger partial charge on any atom is -0.468 e. The quantitative estimate of drug-likeness (QED) is 0.194. The predicted octanol–water partition coefficient (Wildman–Crippen LogP) is 4.25. The number of nitrogens with one attached hydrogen (secondary N) is 2. The van der Waals surface area contributed by atoms with Gasteiger partial charge in [-0.2, -0.15) is 0 Å². The Morgan fingerprint density at radius 2 is 1.80 bits per heavy atom. The van der Waals surface area contributed by atoms with Crippen LogP contribution in [0.5, 0.6) is 0 Å². The third-order valence-corrected chi connectivity index (χ3v) is 6.11. The number of likely N-dealkylation sites (tertiary alicyclic amines) is 2. The third-order valence-electron chi connectivity index (χ3n) is 6.11. The van der Waals surface area contributed by atoms with Crippen molar-refractivity contribution in [3.63, 3.8) is 0 Å². The number of piperidine rings is 1. The lowest BCUT2D eigenvalue weighted by Crippen LogP contribution is -2.39. The van der Waals surface area contributed by atoms with Crippen LogP contribution in [-0.2, 0) is 0 Å². The largest absolute Gasteiger partial charge is 0.468 e. The van der Waals surface area contributed by atoms with Gasteiger partial charge in [0, 0.05) is 13.1 Å². The smallest absolute Gasteiger partial charge is 0.191 e. The zero-order chi connectivity index (χ0) is 20.2. The predicted molar refractivity (Wildman–Crippen MR) is 136 cm³/mol. The maximum atomic E-state index is 5.72. The Bertz CT molecular complexity index is 568. The highest BCUT2D eigenvalue weighted by atomic mass is 127. The molecule has 2 N–H and O–H groups in total. The molecule has 7 heteroatoms. The Kier molecular flexibility index (Phi) is 12.8. The van der Waals surface area contributed by atoms with Crippen LogP contribution in [0.15, 0.2) is 27.8 Å². The van der Waals surface area contributed by atoms with Gasteiger partial charge in [0.1, 0.15) is 5.76 Å². The molecule has 2 saturated heterocycles. The van der Waals surface area contributed by atoms with E-state index in [9.17, 15) is 0 Å². The molecule has 0 saturated carbocycles. The molecule has 0 bridgehead atoms. The fourth-order valence-electron chi connectivity index (χ4n) is 4.47. The van der Waals surface area contributed by atoms with E-state index in [1.165, 1.54) is 71.0 Å². The highest BCUT2D eigenvalue weighted by Gasteiger charge is 2.25. The summed E-state index contributed by atoms with van der Waals surface area (Å²) in [6.45, 7) is 10.9. The maximum absolute atomic E-state index is 5.72. The molecule has 3 rings (SSSR count). The first-order valence-electron chi connectivity index (χ1n) is 11.9. The lowest BCUT2D eigenvalue weighted by atomic mass is 10.1. The van der Waals surface area contributed by atoms with Gasteiger partial charge in [-0.3, -0.25) is 9.89 Å². The molecule has 30 heavy (non-hydrogen) atoms. The number of halogens is 1. The van der Waals surface area contributed by atoms with Gasteiger partial charge in [-0.25, -0.2) is 0 Å². The number of guanidine groups is 1. The molecule has 1 aromatic heterocycles. The molecular weight excluding hydrogens is 489 g/mol. The summed E-state index contributed by atoms with van der Waals surface area (Å²) in [5.74, 6) is 1.96. The van der Waals surface area contributed by atoms with Crippen LogP contribution >= 0.6 is 24.0 Å². The first-order valence-corrected chi connectivity index (χ1v) is 11.9. The number of rotatable bonds is 11. The van der Waals surface area contributed by atoms with Crippen LogP contribution in [0, 0.1) is 0 Å². The van der Waals surface area contributed by atoms with E-state index in [4.69, 9.17) is 9.41 Å². The van der Waals surface area contributed by atoms with Crippen molar-refractivity contribution in [3.05, 3.63) is 24.2 Å². The van der Waals surface area contributed by atoms with Gasteiger partial charge in [-0.15, -0.1) is 24.0 Å². The SMILES string of the molecule is CCNC(=NCC(c1ccco1)N1CCCC1)NCCCCCN1CCCCC1.I. The minimum absolute atomic E-state index is 0. The number of aliphatic imine (C=N–C) groups is 1. The third kappa shape index (κ3) is 8.75. The average Bonchev–Trinajstić information content (AvgIpc) is 3.46. The summed E-state index contributed by atoms with van der Waals surface area (Å²) in [4.78, 5) is 10.0. The van der Waals surface area contributed by atoms with Crippen LogP contribution in [0.25, 0.3) is 0 Å². The van der Waals surface area contributed by atoms with Gasteiger partial charge in [0.25, 0.3) is 0 Å². The summed E-state index contributed by atoms with van der Waals surface area (Å²) >= 11 is 0. The van der Waals surface area contributed by atoms with Crippen LogP contribution in [0.2, 0.25) is 0 Å². The van der Waals surface area contributed by atoms with Crippen molar-refractivity contribution >= 4 is 29.9 Å². The van der Waals surface area contributed by atoms with E-state index >= 15 is 0 Å². The Hall–Kier alpha value is -0.800. The highest BCUT2D eigenvalue weighted by molar-refractivity contribution is 14.0. The van der Waals surface area contributed by atoms with Gasteiger partial charge < -0.3 is 20.0 Å². The molecule has 0 radical (unpaired) electrons. The Morgan fingerprint density at radius 3 is 2.50 bits per heavy atom. The second kappa shape index (κ2) is 15.1. The van der Waals surface area contributed by atoms with E-state index in [0.29, 0.717) is 0 Å². The first-order chi connectivity index (χ1) is 14.4. The molecule has 3 heterocycles. The first kappa shape index (κ1) is 25.5. The van der Waals surface area contributed by atoms with Gasteiger partial charge in [0.2, 0.25) is 0 Å². The fraction of sp³-hybridized carbons (Fsp3) is 0.783. The van der Waals surface area contributed by atoms with E-state index in [2.05, 4.69) is 33.4 Å². The summed E-state index contributed by atoms with van der Waals surface area (Å²) < 4.78 is 5.72. The van der Waals surface area contributed by atoms with E-state index in [1.54, 1.807) is 6.26 Å². The topological polar surface area (TPSA) is 56.0 Å². The molecule has 6 nitrogen and oxygen atoms in total. The Labute approximate surface area is 200 Å². The molecule has 2 aliphatic heterocycles. The van der Waals surface area contributed by atoms with Crippen LogP contribution in [0.4, 0.5) is 0 Å². The number of hydrogen-bond donors (Lipinski definition) is 2. The second-order valence-corrected chi connectivity index (χ2v) is 8.38. The number of furan rings is 1. The summed E-state index contributed by atoms with van der Waals surface area (Å²) in [7, 11) is 0. The molecule has 0 aromatic carbocycles. The molecule has 172 valence electrons. The normalized spacial score (nSPS) is 19.4. The summed E-state index contributed by atoms with van der Waals surface area (Å²) in [5, 5.41) is 6.92. The molecule has 0 spiro atoms. The Morgan fingerprint density at radius 1 is 1.03 bits per heavy atom. The van der Waals surface area contributed by atoms with E-state index in [-0.39, 0.29) is 30.0 Å². The van der Waals surface area contributed by atoms with Crippen LogP contribution in [-0.4, -0.2) is 68.1 Å². The molecule has 0 amide bonds. The summed E-state index contributed by atoms with van der Waals surface area (Å²) in [6.07, 6.45) is 12.3. The molecule has 1 unspecified atom stereocenters. The van der Waals surface area contributed by atoms with Crippen LogP contribution in [0.1, 0.15) is 70.1 Å². The van der Waals surface area contributed by atoms with Gasteiger partial charge in [0.15, 0.2) is 5.96 Å². The lowest BCUT2D eigenvalue weighted by molar-refractivity contribution is 0.221. The van der Waals surface area contributed by atoms with Crippen molar-refractivity contribution in [1.29, 1.82) is 0 Å². The zero-order valence-electron chi connectivity index (χ0n) is 18.8. The molecule has 2 fully saturated rings. The number of unbranched alkanes of at least 4 members (excludes halogenated alkanes) is 2. The highest BCUT2D eigenvalue weighted by Crippen LogP contribution is 2.25. The van der Waals surface area contributed by atoms with Gasteiger partial charge in [-0.1, -0.05) is 12.8 Å². The number of hydrogen-bond acceptors (Lipinski definition) is 4. The van der Waals surface area contributed by atoms with Crippen molar-refractivity contribution in [1.82, 2.24) is 20.4 Å². The minimum atomic E-state index is 0. The number of nitrogens with zero attached hydrogens (tertiary/aromatic N) is 3. The molecule has 1 aromatic rings.